The quantitative estimate of drug-likeness (QED) is 0.0740. The fourth-order valence-corrected chi connectivity index (χ4v) is 11.9. The number of carbonyl (C=O) groups is 1. The molecule has 21 nitrogen and oxygen atoms in total. The fraction of sp³-hybridized carbons (Fsp3) is 0.804. The van der Waals surface area contributed by atoms with Gasteiger partial charge in [0.1, 0.15) is 30.0 Å². The molecule has 1 aromatic carbocycles. The van der Waals surface area contributed by atoms with Crippen molar-refractivity contribution in [3.05, 3.63) is 53.6 Å². The molecule has 5 heterocycles. The van der Waals surface area contributed by atoms with E-state index in [2.05, 4.69) is 37.7 Å². The first-order valence-electron chi connectivity index (χ1n) is 28.1. The van der Waals surface area contributed by atoms with Gasteiger partial charge < -0.3 is 68.9 Å². The fourth-order valence-electron chi connectivity index (χ4n) is 11.9. The molecule has 2 aromatic heterocycles. The number of aliphatic hydroxyl groups is 6. The molecule has 0 spiro atoms. The summed E-state index contributed by atoms with van der Waals surface area (Å²) in [7, 11) is 5.31. The number of aromatic nitrogens is 6. The summed E-state index contributed by atoms with van der Waals surface area (Å²) in [5.74, 6) is -2.77. The summed E-state index contributed by atoms with van der Waals surface area (Å²) < 4.78 is 42.0. The second kappa shape index (κ2) is 27.3. The van der Waals surface area contributed by atoms with Crippen LogP contribution in [0.2, 0.25) is 0 Å². The number of aryl methyl sites for hydroxylation is 3. The highest BCUT2D eigenvalue weighted by Gasteiger charge is 2.53. The highest BCUT2D eigenvalue weighted by Crippen LogP contribution is 2.40. The van der Waals surface area contributed by atoms with Gasteiger partial charge in [0.25, 0.3) is 0 Å². The number of rotatable bonds is 19. The molecule has 6 N–H and O–H groups in total. The number of methoxy groups -OCH3 is 1. The Hall–Kier alpha value is -3.55. The summed E-state index contributed by atoms with van der Waals surface area (Å²) in [5, 5.41) is 86.3. The number of benzene rings is 1. The third kappa shape index (κ3) is 15.7. The number of likely N-dealkylation sites (N-methyl/N-ethyl adjacent to an activating group) is 2. The van der Waals surface area contributed by atoms with Crippen LogP contribution in [0.1, 0.15) is 131 Å². The minimum Gasteiger partial charge on any atom is -0.459 e. The predicted molar refractivity (Wildman–Crippen MR) is 287 cm³/mol. The molecule has 0 radical (unpaired) electrons. The van der Waals surface area contributed by atoms with Gasteiger partial charge in [0.2, 0.25) is 0 Å². The third-order valence-electron chi connectivity index (χ3n) is 16.9. The van der Waals surface area contributed by atoms with Crippen molar-refractivity contribution >= 4 is 5.97 Å². The highest BCUT2D eigenvalue weighted by atomic mass is 16.7. The summed E-state index contributed by atoms with van der Waals surface area (Å²) in [5.41, 5.74) is -0.674. The molecule has 3 aliphatic rings. The number of ether oxygens (including phenoxy) is 6. The zero-order chi connectivity index (χ0) is 56.6. The number of cyclic esters (lactones) is 1. The molecule has 0 aliphatic carbocycles. The summed E-state index contributed by atoms with van der Waals surface area (Å²) >= 11 is 0. The average molecular weight is 1090 g/mol. The number of hydrogen-bond acceptors (Lipinski definition) is 19. The lowest BCUT2D eigenvalue weighted by atomic mass is 9.77. The van der Waals surface area contributed by atoms with Crippen LogP contribution in [-0.4, -0.2) is 208 Å². The van der Waals surface area contributed by atoms with Crippen molar-refractivity contribution in [1.82, 2.24) is 39.8 Å². The van der Waals surface area contributed by atoms with E-state index >= 15 is 0 Å². The number of hydrogen-bond donors (Lipinski definition) is 6. The minimum absolute atomic E-state index is 0.104. The van der Waals surface area contributed by atoms with E-state index in [0.29, 0.717) is 38.8 Å². The van der Waals surface area contributed by atoms with Crippen LogP contribution in [-0.2, 0) is 59.0 Å². The second-order valence-electron chi connectivity index (χ2n) is 23.5. The van der Waals surface area contributed by atoms with E-state index in [9.17, 15) is 30.3 Å². The molecule has 3 aromatic rings. The zero-order valence-electron chi connectivity index (χ0n) is 48.1. The minimum atomic E-state index is -1.84. The van der Waals surface area contributed by atoms with Crippen molar-refractivity contribution in [2.24, 2.45) is 17.8 Å². The Balaban J connectivity index is 1.16. The normalized spacial score (nSPS) is 37.4. The number of aliphatic hydroxyl groups excluding tert-OH is 4. The Morgan fingerprint density at radius 1 is 0.857 bits per heavy atom. The van der Waals surface area contributed by atoms with Crippen LogP contribution in [0.4, 0.5) is 0 Å². The Morgan fingerprint density at radius 2 is 1.55 bits per heavy atom. The van der Waals surface area contributed by atoms with Crippen molar-refractivity contribution < 1.29 is 63.9 Å². The van der Waals surface area contributed by atoms with Crippen LogP contribution in [0.25, 0.3) is 5.69 Å². The van der Waals surface area contributed by atoms with Gasteiger partial charge in [-0.2, -0.15) is 0 Å². The van der Waals surface area contributed by atoms with E-state index in [-0.39, 0.29) is 37.9 Å². The molecule has 0 saturated carbocycles. The van der Waals surface area contributed by atoms with Crippen molar-refractivity contribution in [1.29, 1.82) is 0 Å². The van der Waals surface area contributed by atoms with Gasteiger partial charge in [0.15, 0.2) is 12.6 Å². The van der Waals surface area contributed by atoms with Gasteiger partial charge in [-0.25, -0.2) is 4.68 Å². The largest absolute Gasteiger partial charge is 0.459 e. The Morgan fingerprint density at radius 3 is 2.22 bits per heavy atom. The van der Waals surface area contributed by atoms with E-state index in [0.717, 1.165) is 42.9 Å². The standard InChI is InChI=1S/C56H94N8O13/c1-14-45-56(10,71)49(67)38(6)62(12)31-34(2)29-54(8,70)51(36(4)48(37(5)52(69)75-45)76-46-30-55(9,72-13)50(68)39(7)74-46)77-53-47(66)44(28-35(3)73-53)61(11)26-24-42-32-63(59-57-42)25-16-15-18-40-20-22-43(23-21-40)64-33-41(58-60-64)19-17-27-65/h20-23,32-39,44-51,53,65-68,70-71H,14-19,24-31H2,1-13H3/t34-,35-,36+,37-,38-,39+,44+,45-,46+,47-,48+,49-,50+,51-,53+,54-,55-,56-/m1/s1. The zero-order valence-corrected chi connectivity index (χ0v) is 48.1. The van der Waals surface area contributed by atoms with E-state index in [4.69, 9.17) is 33.5 Å². The van der Waals surface area contributed by atoms with Crippen LogP contribution < -0.4 is 0 Å². The molecule has 0 amide bonds. The molecular formula is C56H94N8O13. The van der Waals surface area contributed by atoms with Crippen molar-refractivity contribution in [3.63, 3.8) is 0 Å². The second-order valence-corrected chi connectivity index (χ2v) is 23.5. The van der Waals surface area contributed by atoms with Crippen LogP contribution in [0, 0.1) is 17.8 Å². The van der Waals surface area contributed by atoms with Gasteiger partial charge in [0, 0.05) is 70.4 Å². The Kier molecular flexibility index (Phi) is 22.2. The van der Waals surface area contributed by atoms with Gasteiger partial charge in [-0.3, -0.25) is 9.48 Å². The maximum absolute atomic E-state index is 14.5. The Labute approximate surface area is 456 Å². The number of esters is 1. The predicted octanol–water partition coefficient (Wildman–Crippen LogP) is 3.63. The van der Waals surface area contributed by atoms with Gasteiger partial charge in [-0.1, -0.05) is 43.3 Å². The highest BCUT2D eigenvalue weighted by molar-refractivity contribution is 5.73. The SMILES string of the molecule is CC[C@H]1OC(=O)[C@H](C)[C@@H](O[C@H]2C[C@@](C)(OC)[C@@H](O)[C@H](C)O2)[C@H](C)[C@@H](O[C@@H]2O[C@H](C)C[C@H](N(C)CCc3cn(CCCCc4ccc(-n5cc(CCCO)nn5)cc4)nn3)[C@H]2O)[C@](C)(O)C[C@@H](C)CN(C)[C@H](C)[C@@H](O)[C@]1(C)O. The molecule has 3 aliphatic heterocycles. The summed E-state index contributed by atoms with van der Waals surface area (Å²) in [6, 6.07) is 7.33. The maximum Gasteiger partial charge on any atom is 0.311 e. The van der Waals surface area contributed by atoms with E-state index in [1.807, 2.05) is 69.0 Å². The molecule has 0 bridgehead atoms. The van der Waals surface area contributed by atoms with Crippen molar-refractivity contribution in [3.8, 4) is 5.69 Å². The lowest BCUT2D eigenvalue weighted by Crippen LogP contribution is -2.61. The van der Waals surface area contributed by atoms with Gasteiger partial charge in [-0.05, 0) is 138 Å². The number of nitrogens with zero attached hydrogens (tertiary/aromatic N) is 8. The van der Waals surface area contributed by atoms with Crippen LogP contribution >= 0.6 is 0 Å². The van der Waals surface area contributed by atoms with Crippen LogP contribution in [0.15, 0.2) is 36.7 Å². The lowest BCUT2D eigenvalue weighted by Gasteiger charge is -2.49. The maximum atomic E-state index is 14.5. The van der Waals surface area contributed by atoms with E-state index in [1.54, 1.807) is 46.2 Å². The third-order valence-corrected chi connectivity index (χ3v) is 16.9. The topological polar surface area (TPSA) is 262 Å². The van der Waals surface area contributed by atoms with E-state index in [1.165, 1.54) is 19.6 Å². The van der Waals surface area contributed by atoms with Crippen LogP contribution in [0.3, 0.4) is 0 Å². The molecule has 77 heavy (non-hydrogen) atoms. The average Bonchev–Trinajstić information content (AvgIpc) is 4.07. The first kappa shape index (κ1) is 62.6. The van der Waals surface area contributed by atoms with Gasteiger partial charge in [0.05, 0.1) is 64.8 Å². The van der Waals surface area contributed by atoms with Crippen LogP contribution in [0.5, 0.6) is 0 Å². The monoisotopic (exact) mass is 1090 g/mol. The number of unbranched alkanes of at least 4 members (excludes halogenated alkanes) is 1. The smallest absolute Gasteiger partial charge is 0.311 e. The molecule has 436 valence electrons. The summed E-state index contributed by atoms with van der Waals surface area (Å²) in [4.78, 5) is 18.5. The molecule has 3 fully saturated rings. The van der Waals surface area contributed by atoms with Gasteiger partial charge in [-0.15, -0.1) is 10.2 Å². The molecule has 18 atom stereocenters. The summed E-state index contributed by atoms with van der Waals surface area (Å²) in [6.45, 7) is 19.5. The first-order chi connectivity index (χ1) is 36.3. The van der Waals surface area contributed by atoms with Crippen molar-refractivity contribution in [2.45, 2.75) is 230 Å². The first-order valence-corrected chi connectivity index (χ1v) is 28.1. The van der Waals surface area contributed by atoms with Gasteiger partial charge >= 0.3 is 5.97 Å². The van der Waals surface area contributed by atoms with Crippen molar-refractivity contribution in [2.75, 3.05) is 40.9 Å². The molecule has 0 unspecified atom stereocenters. The summed E-state index contributed by atoms with van der Waals surface area (Å²) in [6.07, 6.45) is -0.372. The number of carbonyl (C=O) groups excluding carboxylic acids is 1. The lowest BCUT2D eigenvalue weighted by molar-refractivity contribution is -0.318. The molecule has 6 rings (SSSR count). The van der Waals surface area contributed by atoms with E-state index < -0.39 is 102 Å². The Bertz CT molecular complexity index is 2270. The molecular weight excluding hydrogens is 993 g/mol. The molecule has 3 saturated heterocycles. The molecule has 21 heteroatoms.